The summed E-state index contributed by atoms with van der Waals surface area (Å²) < 4.78 is 5.33. The molecule has 0 bridgehead atoms. The summed E-state index contributed by atoms with van der Waals surface area (Å²) in [5.41, 5.74) is 3.33. The molecule has 124 valence electrons. The van der Waals surface area contributed by atoms with Gasteiger partial charge in [-0.15, -0.1) is 0 Å². The van der Waals surface area contributed by atoms with Gasteiger partial charge in [-0.25, -0.2) is 4.79 Å². The van der Waals surface area contributed by atoms with Gasteiger partial charge in [-0.05, 0) is 29.2 Å². The van der Waals surface area contributed by atoms with Gasteiger partial charge in [0.05, 0.1) is 6.10 Å². The van der Waals surface area contributed by atoms with Gasteiger partial charge < -0.3 is 9.52 Å². The minimum Gasteiger partial charge on any atom is -0.423 e. The third kappa shape index (κ3) is 3.89. The zero-order chi connectivity index (χ0) is 16.9. The van der Waals surface area contributed by atoms with Gasteiger partial charge in [0.1, 0.15) is 5.58 Å². The lowest BCUT2D eigenvalue weighted by Crippen LogP contribution is -2.03. The highest BCUT2D eigenvalue weighted by atomic mass is 32.2. The largest absolute Gasteiger partial charge is 0.423 e. The Bertz CT molecular complexity index is 871. The smallest absolute Gasteiger partial charge is 0.336 e. The lowest BCUT2D eigenvalue weighted by atomic mass is 10.1. The zero-order valence-electron chi connectivity index (χ0n) is 13.6. The van der Waals surface area contributed by atoms with Crippen LogP contribution >= 0.6 is 11.8 Å². The lowest BCUT2D eigenvalue weighted by molar-refractivity contribution is 0.204. The van der Waals surface area contributed by atoms with E-state index < -0.39 is 6.10 Å². The number of hydrogen-bond acceptors (Lipinski definition) is 4. The van der Waals surface area contributed by atoms with Crippen LogP contribution in [0.1, 0.15) is 29.7 Å². The molecule has 1 heterocycles. The van der Waals surface area contributed by atoms with Gasteiger partial charge in [0.25, 0.3) is 0 Å². The molecule has 0 aliphatic heterocycles. The molecule has 2 aromatic carbocycles. The second-order valence-corrected chi connectivity index (χ2v) is 6.75. The van der Waals surface area contributed by atoms with Crippen molar-refractivity contribution in [1.29, 1.82) is 0 Å². The molecule has 1 atom stereocenters. The molecule has 0 aliphatic carbocycles. The number of aliphatic hydroxyl groups excluding tert-OH is 1. The normalized spacial score (nSPS) is 12.4. The van der Waals surface area contributed by atoms with E-state index in [0.29, 0.717) is 17.1 Å². The maximum Gasteiger partial charge on any atom is 0.336 e. The van der Waals surface area contributed by atoms with Crippen LogP contribution in [0, 0.1) is 0 Å². The van der Waals surface area contributed by atoms with E-state index in [2.05, 4.69) is 13.0 Å². The summed E-state index contributed by atoms with van der Waals surface area (Å²) in [5, 5.41) is 11.2. The summed E-state index contributed by atoms with van der Waals surface area (Å²) in [4.78, 5) is 11.8. The molecule has 3 nitrogen and oxygen atoms in total. The fourth-order valence-corrected chi connectivity index (χ4v) is 3.66. The van der Waals surface area contributed by atoms with E-state index in [9.17, 15) is 9.90 Å². The third-order valence-corrected chi connectivity index (χ3v) is 5.09. The molecule has 3 aromatic rings. The molecule has 0 radical (unpaired) electrons. The van der Waals surface area contributed by atoms with Gasteiger partial charge in [-0.1, -0.05) is 49.4 Å². The summed E-state index contributed by atoms with van der Waals surface area (Å²) >= 11 is 1.61. The van der Waals surface area contributed by atoms with Gasteiger partial charge in [0.15, 0.2) is 0 Å². The molecule has 0 unspecified atom stereocenters. The van der Waals surface area contributed by atoms with Gasteiger partial charge in [0, 0.05) is 23.0 Å². The summed E-state index contributed by atoms with van der Waals surface area (Å²) in [6.07, 6.45) is 0.399. The van der Waals surface area contributed by atoms with Gasteiger partial charge in [-0.2, -0.15) is 11.8 Å². The Morgan fingerprint density at radius 2 is 1.92 bits per heavy atom. The van der Waals surface area contributed by atoms with Crippen molar-refractivity contribution in [1.82, 2.24) is 0 Å². The molecule has 0 saturated carbocycles. The van der Waals surface area contributed by atoms with Crippen LogP contribution in [-0.2, 0) is 12.2 Å². The molecular formula is C20H20O3S. The number of aryl methyl sites for hydroxylation is 1. The van der Waals surface area contributed by atoms with Crippen molar-refractivity contribution in [3.63, 3.8) is 0 Å². The standard InChI is InChI=1S/C20H20O3S/c1-2-14-8-9-17-16(11-20(22)23-19(17)10-14)12-24-13-18(21)15-6-4-3-5-7-15/h3-11,18,21H,2,12-13H2,1H3/t18-/m1/s1. The molecule has 24 heavy (non-hydrogen) atoms. The predicted molar refractivity (Wildman–Crippen MR) is 99.4 cm³/mol. The van der Waals surface area contributed by atoms with Crippen molar-refractivity contribution in [3.8, 4) is 0 Å². The van der Waals surface area contributed by atoms with Crippen molar-refractivity contribution >= 4 is 22.7 Å². The molecule has 0 fully saturated rings. The van der Waals surface area contributed by atoms with Crippen molar-refractivity contribution in [3.05, 3.63) is 81.7 Å². The molecule has 0 amide bonds. The number of fused-ring (bicyclic) bond motifs is 1. The fraction of sp³-hybridized carbons (Fsp3) is 0.250. The second-order valence-electron chi connectivity index (χ2n) is 5.72. The minimum atomic E-state index is -0.505. The van der Waals surface area contributed by atoms with Crippen LogP contribution in [0.25, 0.3) is 11.0 Å². The lowest BCUT2D eigenvalue weighted by Gasteiger charge is -2.11. The van der Waals surface area contributed by atoms with Crippen LogP contribution in [0.4, 0.5) is 0 Å². The third-order valence-electron chi connectivity index (χ3n) is 4.02. The Hall–Kier alpha value is -2.04. The van der Waals surface area contributed by atoms with E-state index in [1.165, 1.54) is 0 Å². The number of rotatable bonds is 6. The number of aliphatic hydroxyl groups is 1. The van der Waals surface area contributed by atoms with Crippen LogP contribution in [0.3, 0.4) is 0 Å². The summed E-state index contributed by atoms with van der Waals surface area (Å²) in [5.74, 6) is 1.25. The van der Waals surface area contributed by atoms with Crippen molar-refractivity contribution in [2.75, 3.05) is 5.75 Å². The average molecular weight is 340 g/mol. The SMILES string of the molecule is CCc1ccc2c(CSC[C@@H](O)c3ccccc3)cc(=O)oc2c1. The summed E-state index contributed by atoms with van der Waals surface area (Å²) in [6, 6.07) is 17.2. The zero-order valence-corrected chi connectivity index (χ0v) is 14.4. The first kappa shape index (κ1) is 16.8. The highest BCUT2D eigenvalue weighted by Gasteiger charge is 2.10. The van der Waals surface area contributed by atoms with E-state index in [4.69, 9.17) is 4.42 Å². The highest BCUT2D eigenvalue weighted by Crippen LogP contribution is 2.25. The molecule has 3 rings (SSSR count). The van der Waals surface area contributed by atoms with Crippen molar-refractivity contribution < 1.29 is 9.52 Å². The summed E-state index contributed by atoms with van der Waals surface area (Å²) in [7, 11) is 0. The first-order chi connectivity index (χ1) is 11.7. The van der Waals surface area contributed by atoms with Crippen LogP contribution < -0.4 is 5.63 Å². The molecule has 1 N–H and O–H groups in total. The highest BCUT2D eigenvalue weighted by molar-refractivity contribution is 7.98. The van der Waals surface area contributed by atoms with E-state index in [1.807, 2.05) is 42.5 Å². The Morgan fingerprint density at radius 1 is 1.12 bits per heavy atom. The molecule has 0 saturated heterocycles. The Balaban J connectivity index is 1.74. The monoisotopic (exact) mass is 340 g/mol. The van der Waals surface area contributed by atoms with Gasteiger partial charge in [-0.3, -0.25) is 0 Å². The first-order valence-corrected chi connectivity index (χ1v) is 9.19. The minimum absolute atomic E-state index is 0.324. The Morgan fingerprint density at radius 3 is 2.67 bits per heavy atom. The second kappa shape index (κ2) is 7.69. The molecule has 4 heteroatoms. The molecule has 0 aliphatic rings. The molecular weight excluding hydrogens is 320 g/mol. The average Bonchev–Trinajstić information content (AvgIpc) is 2.61. The van der Waals surface area contributed by atoms with Crippen LogP contribution in [0.5, 0.6) is 0 Å². The van der Waals surface area contributed by atoms with E-state index >= 15 is 0 Å². The van der Waals surface area contributed by atoms with Crippen molar-refractivity contribution in [2.24, 2.45) is 0 Å². The Labute approximate surface area is 145 Å². The van der Waals surface area contributed by atoms with Gasteiger partial charge in [0.2, 0.25) is 0 Å². The maximum absolute atomic E-state index is 11.8. The first-order valence-electron chi connectivity index (χ1n) is 8.04. The Kier molecular flexibility index (Phi) is 5.38. The van der Waals surface area contributed by atoms with Crippen molar-refractivity contribution in [2.45, 2.75) is 25.2 Å². The van der Waals surface area contributed by atoms with Crippen LogP contribution in [-0.4, -0.2) is 10.9 Å². The maximum atomic E-state index is 11.8. The summed E-state index contributed by atoms with van der Waals surface area (Å²) in [6.45, 7) is 2.07. The van der Waals surface area contributed by atoms with Gasteiger partial charge >= 0.3 is 5.63 Å². The number of hydrogen-bond donors (Lipinski definition) is 1. The topological polar surface area (TPSA) is 50.4 Å². The van der Waals surface area contributed by atoms with E-state index in [-0.39, 0.29) is 5.63 Å². The van der Waals surface area contributed by atoms with Crippen LogP contribution in [0.2, 0.25) is 0 Å². The van der Waals surface area contributed by atoms with E-state index in [1.54, 1.807) is 17.8 Å². The molecule has 1 aromatic heterocycles. The molecule has 0 spiro atoms. The quantitative estimate of drug-likeness (QED) is 0.679. The predicted octanol–water partition coefficient (Wildman–Crippen LogP) is 4.32. The van der Waals surface area contributed by atoms with Crippen LogP contribution in [0.15, 0.2) is 63.8 Å². The fourth-order valence-electron chi connectivity index (χ4n) is 2.67. The number of thioether (sulfide) groups is 1. The van der Waals surface area contributed by atoms with E-state index in [0.717, 1.165) is 28.5 Å². The number of benzene rings is 2.